The molecule has 1 aromatic carbocycles. The fraction of sp³-hybridized carbons (Fsp3) is 0.467. The van der Waals surface area contributed by atoms with Crippen LogP contribution in [0.5, 0.6) is 0 Å². The lowest BCUT2D eigenvalue weighted by Gasteiger charge is -2.24. The molecule has 1 aromatic rings. The molecule has 0 aliphatic carbocycles. The summed E-state index contributed by atoms with van der Waals surface area (Å²) in [5.74, 6) is -1.25. The summed E-state index contributed by atoms with van der Waals surface area (Å²) in [5.41, 5.74) is -1.48. The minimum atomic E-state index is -4.71. The SMILES string of the molecule is COCCCNC(=O)CN(C(C)=O)c1ccc(Cl)cc1C(F)(F)F. The maximum absolute atomic E-state index is 13.2. The van der Waals surface area contributed by atoms with Crippen molar-refractivity contribution in [1.82, 2.24) is 5.32 Å². The number of methoxy groups -OCH3 is 1. The molecule has 0 saturated carbocycles. The third-order valence-corrected chi connectivity index (χ3v) is 3.32. The number of amides is 2. The van der Waals surface area contributed by atoms with Crippen LogP contribution in [0.2, 0.25) is 5.02 Å². The second-order valence-corrected chi connectivity index (χ2v) is 5.40. The zero-order valence-corrected chi connectivity index (χ0v) is 14.0. The summed E-state index contributed by atoms with van der Waals surface area (Å²) >= 11 is 5.62. The Morgan fingerprint density at radius 3 is 2.54 bits per heavy atom. The monoisotopic (exact) mass is 366 g/mol. The van der Waals surface area contributed by atoms with Gasteiger partial charge in [-0.1, -0.05) is 11.6 Å². The van der Waals surface area contributed by atoms with Crippen molar-refractivity contribution in [1.29, 1.82) is 0 Å². The Morgan fingerprint density at radius 1 is 1.33 bits per heavy atom. The molecule has 0 aliphatic heterocycles. The number of nitrogens with zero attached hydrogens (tertiary/aromatic N) is 1. The van der Waals surface area contributed by atoms with Gasteiger partial charge in [-0.2, -0.15) is 13.2 Å². The van der Waals surface area contributed by atoms with Crippen LogP contribution < -0.4 is 10.2 Å². The fourth-order valence-corrected chi connectivity index (χ4v) is 2.15. The van der Waals surface area contributed by atoms with Crippen LogP contribution in [0.25, 0.3) is 0 Å². The van der Waals surface area contributed by atoms with E-state index in [4.69, 9.17) is 16.3 Å². The molecule has 5 nitrogen and oxygen atoms in total. The standard InChI is InChI=1S/C15H18ClF3N2O3/c1-10(22)21(9-14(23)20-6-3-7-24-2)13-5-4-11(16)8-12(13)15(17,18)19/h4-5,8H,3,6-7,9H2,1-2H3,(H,20,23). The number of nitrogens with one attached hydrogen (secondary N) is 1. The number of carbonyl (C=O) groups is 2. The molecule has 2 amide bonds. The Bertz CT molecular complexity index is 594. The average Bonchev–Trinajstić information content (AvgIpc) is 2.48. The Hall–Kier alpha value is -1.80. The number of rotatable bonds is 7. The Labute approximate surface area is 142 Å². The molecule has 0 atom stereocenters. The van der Waals surface area contributed by atoms with Crippen molar-refractivity contribution in [3.63, 3.8) is 0 Å². The van der Waals surface area contributed by atoms with Crippen molar-refractivity contribution >= 4 is 29.1 Å². The van der Waals surface area contributed by atoms with Crippen molar-refractivity contribution in [2.75, 3.05) is 31.7 Å². The van der Waals surface area contributed by atoms with Crippen molar-refractivity contribution in [2.45, 2.75) is 19.5 Å². The summed E-state index contributed by atoms with van der Waals surface area (Å²) in [6, 6.07) is 3.03. The first-order valence-electron chi connectivity index (χ1n) is 7.07. The first-order chi connectivity index (χ1) is 11.2. The Kier molecular flexibility index (Phi) is 7.50. The van der Waals surface area contributed by atoms with Crippen LogP contribution in [-0.4, -0.2) is 38.6 Å². The number of anilines is 1. The third kappa shape index (κ3) is 6.01. The zero-order valence-electron chi connectivity index (χ0n) is 13.2. The number of ether oxygens (including phenoxy) is 1. The van der Waals surface area contributed by atoms with Gasteiger partial charge in [-0.15, -0.1) is 0 Å². The average molecular weight is 367 g/mol. The Morgan fingerprint density at radius 2 is 2.00 bits per heavy atom. The number of carbonyl (C=O) groups excluding carboxylic acids is 2. The van der Waals surface area contributed by atoms with Crippen molar-refractivity contribution < 1.29 is 27.5 Å². The highest BCUT2D eigenvalue weighted by Gasteiger charge is 2.36. The van der Waals surface area contributed by atoms with Gasteiger partial charge in [0.2, 0.25) is 11.8 Å². The van der Waals surface area contributed by atoms with Gasteiger partial charge in [0, 0.05) is 32.2 Å². The first kappa shape index (κ1) is 20.2. The number of benzene rings is 1. The van der Waals surface area contributed by atoms with Crippen molar-refractivity contribution in [3.8, 4) is 0 Å². The normalized spacial score (nSPS) is 11.2. The summed E-state index contributed by atoms with van der Waals surface area (Å²) in [6.07, 6.45) is -4.15. The number of hydrogen-bond donors (Lipinski definition) is 1. The predicted octanol–water partition coefficient (Wildman–Crippen LogP) is 2.86. The largest absolute Gasteiger partial charge is 0.418 e. The molecule has 134 valence electrons. The summed E-state index contributed by atoms with van der Waals surface area (Å²) < 4.78 is 44.3. The molecule has 24 heavy (non-hydrogen) atoms. The second kappa shape index (κ2) is 8.89. The number of hydrogen-bond acceptors (Lipinski definition) is 3. The minimum absolute atomic E-state index is 0.112. The van der Waals surface area contributed by atoms with Crippen molar-refractivity contribution in [2.24, 2.45) is 0 Å². The first-order valence-corrected chi connectivity index (χ1v) is 7.45. The molecular weight excluding hydrogens is 349 g/mol. The van der Waals surface area contributed by atoms with E-state index in [9.17, 15) is 22.8 Å². The molecule has 0 spiro atoms. The smallest absolute Gasteiger partial charge is 0.385 e. The molecule has 0 radical (unpaired) electrons. The molecule has 0 aliphatic rings. The maximum atomic E-state index is 13.2. The van der Waals surface area contributed by atoms with Crippen LogP contribution in [0.1, 0.15) is 18.9 Å². The molecule has 0 fully saturated rings. The van der Waals surface area contributed by atoms with Gasteiger partial charge in [0.1, 0.15) is 6.54 Å². The van der Waals surface area contributed by atoms with Crippen LogP contribution >= 0.6 is 11.6 Å². The number of alkyl halides is 3. The topological polar surface area (TPSA) is 58.6 Å². The third-order valence-electron chi connectivity index (χ3n) is 3.08. The van der Waals surface area contributed by atoms with Crippen LogP contribution in [0.3, 0.4) is 0 Å². The molecule has 0 aromatic heterocycles. The lowest BCUT2D eigenvalue weighted by Crippen LogP contribution is -2.41. The van der Waals surface area contributed by atoms with Gasteiger partial charge >= 0.3 is 6.18 Å². The van der Waals surface area contributed by atoms with Gasteiger partial charge in [0.25, 0.3) is 0 Å². The second-order valence-electron chi connectivity index (χ2n) is 4.96. The van der Waals surface area contributed by atoms with Gasteiger partial charge in [0.15, 0.2) is 0 Å². The van der Waals surface area contributed by atoms with E-state index in [1.807, 2.05) is 0 Å². The summed E-state index contributed by atoms with van der Waals surface area (Å²) in [4.78, 5) is 24.4. The predicted molar refractivity (Wildman–Crippen MR) is 84.0 cm³/mol. The lowest BCUT2D eigenvalue weighted by molar-refractivity contribution is -0.137. The molecular formula is C15H18ClF3N2O3. The van der Waals surface area contributed by atoms with E-state index in [1.165, 1.54) is 13.2 Å². The number of halogens is 4. The van der Waals surface area contributed by atoms with Crippen LogP contribution in [0.15, 0.2) is 18.2 Å². The van der Waals surface area contributed by atoms with E-state index >= 15 is 0 Å². The summed E-state index contributed by atoms with van der Waals surface area (Å²) in [6.45, 7) is 1.30. The van der Waals surface area contributed by atoms with Gasteiger partial charge in [-0.25, -0.2) is 0 Å². The molecule has 0 heterocycles. The molecule has 0 unspecified atom stereocenters. The van der Waals surface area contributed by atoms with Gasteiger partial charge in [-0.05, 0) is 24.6 Å². The summed E-state index contributed by atoms with van der Waals surface area (Å²) in [7, 11) is 1.51. The van der Waals surface area contributed by atoms with Gasteiger partial charge in [0.05, 0.1) is 11.3 Å². The van der Waals surface area contributed by atoms with E-state index in [0.717, 1.165) is 24.0 Å². The maximum Gasteiger partial charge on any atom is 0.418 e. The zero-order chi connectivity index (χ0) is 18.3. The van der Waals surface area contributed by atoms with E-state index in [-0.39, 0.29) is 5.02 Å². The molecule has 9 heteroatoms. The summed E-state index contributed by atoms with van der Waals surface area (Å²) in [5, 5.41) is 2.41. The minimum Gasteiger partial charge on any atom is -0.385 e. The Balaban J connectivity index is 2.97. The lowest BCUT2D eigenvalue weighted by atomic mass is 10.1. The van der Waals surface area contributed by atoms with Crippen LogP contribution in [0, 0.1) is 0 Å². The van der Waals surface area contributed by atoms with Crippen LogP contribution in [0.4, 0.5) is 18.9 Å². The molecule has 1 rings (SSSR count). The highest BCUT2D eigenvalue weighted by atomic mass is 35.5. The molecule has 0 bridgehead atoms. The quantitative estimate of drug-likeness (QED) is 0.755. The van der Waals surface area contributed by atoms with E-state index < -0.39 is 35.8 Å². The van der Waals surface area contributed by atoms with Crippen LogP contribution in [-0.2, 0) is 20.5 Å². The van der Waals surface area contributed by atoms with E-state index in [0.29, 0.717) is 19.6 Å². The van der Waals surface area contributed by atoms with Crippen molar-refractivity contribution in [3.05, 3.63) is 28.8 Å². The van der Waals surface area contributed by atoms with E-state index in [2.05, 4.69) is 5.32 Å². The molecule has 1 N–H and O–H groups in total. The van der Waals surface area contributed by atoms with Gasteiger partial charge < -0.3 is 15.0 Å². The highest BCUT2D eigenvalue weighted by molar-refractivity contribution is 6.30. The fourth-order valence-electron chi connectivity index (χ4n) is 1.98. The highest BCUT2D eigenvalue weighted by Crippen LogP contribution is 2.38. The van der Waals surface area contributed by atoms with E-state index in [1.54, 1.807) is 0 Å². The molecule has 0 saturated heterocycles. The van der Waals surface area contributed by atoms with Gasteiger partial charge in [-0.3, -0.25) is 9.59 Å².